The van der Waals surface area contributed by atoms with Gasteiger partial charge in [0.05, 0.1) is 18.9 Å². The molecule has 0 radical (unpaired) electrons. The number of rotatable bonds is 9. The monoisotopic (exact) mass is 477 g/mol. The fourth-order valence-electron chi connectivity index (χ4n) is 3.05. The van der Waals surface area contributed by atoms with Gasteiger partial charge in [-0.05, 0) is 35.2 Å². The van der Waals surface area contributed by atoms with E-state index in [-0.39, 0.29) is 30.1 Å². The smallest absolute Gasteiger partial charge is 0.332 e. The number of carbonyl (C=O) groups excluding carboxylic acids is 1. The van der Waals surface area contributed by atoms with Crippen molar-refractivity contribution in [2.45, 2.75) is 44.9 Å². The highest BCUT2D eigenvalue weighted by molar-refractivity contribution is 7.91. The van der Waals surface area contributed by atoms with Crippen LogP contribution in [0.3, 0.4) is 0 Å². The van der Waals surface area contributed by atoms with Crippen LogP contribution in [-0.2, 0) is 10.0 Å². The van der Waals surface area contributed by atoms with E-state index in [0.717, 1.165) is 0 Å². The van der Waals surface area contributed by atoms with Crippen molar-refractivity contribution in [2.24, 2.45) is 0 Å². The highest BCUT2D eigenvalue weighted by Gasteiger charge is 2.28. The normalized spacial score (nSPS) is 12.3. The van der Waals surface area contributed by atoms with Crippen LogP contribution < -0.4 is 20.1 Å². The second-order valence-corrected chi connectivity index (χ2v) is 9.80. The van der Waals surface area contributed by atoms with E-state index in [4.69, 9.17) is 4.74 Å². The van der Waals surface area contributed by atoms with Gasteiger partial charge in [-0.2, -0.15) is 5.26 Å². The minimum absolute atomic E-state index is 0.0439. The largest absolute Gasteiger partial charge is 0.481 e. The van der Waals surface area contributed by atoms with Gasteiger partial charge in [0.15, 0.2) is 5.25 Å². The number of anilines is 1. The molecule has 3 N–H and O–H groups in total. The van der Waals surface area contributed by atoms with Crippen LogP contribution >= 0.6 is 0 Å². The third-order valence-electron chi connectivity index (χ3n) is 4.71. The van der Waals surface area contributed by atoms with Crippen LogP contribution in [0, 0.1) is 17.1 Å². The number of nitriles is 1. The number of hydrogen-bond acceptors (Lipinski definition) is 7. The molecule has 2 rings (SSSR count). The van der Waals surface area contributed by atoms with Gasteiger partial charge in [0.25, 0.3) is 10.0 Å². The number of nitrogens with zero attached hydrogens (tertiary/aromatic N) is 2. The quantitative estimate of drug-likeness (QED) is 0.504. The van der Waals surface area contributed by atoms with Crippen molar-refractivity contribution in [3.05, 3.63) is 41.8 Å². The second kappa shape index (κ2) is 11.1. The van der Waals surface area contributed by atoms with Crippen LogP contribution in [0.15, 0.2) is 30.5 Å². The number of halogens is 1. The number of methoxy groups -OCH3 is 1. The third-order valence-corrected chi connectivity index (χ3v) is 6.21. The first-order valence-corrected chi connectivity index (χ1v) is 11.8. The van der Waals surface area contributed by atoms with Crippen molar-refractivity contribution < 1.29 is 22.3 Å². The number of aromatic nitrogens is 1. The molecule has 2 amide bonds. The van der Waals surface area contributed by atoms with Gasteiger partial charge < -0.3 is 15.4 Å². The van der Waals surface area contributed by atoms with Crippen molar-refractivity contribution in [3.8, 4) is 23.1 Å². The minimum Gasteiger partial charge on any atom is -0.481 e. The fraction of sp³-hybridized carbons (Fsp3) is 0.409. The lowest BCUT2D eigenvalue weighted by molar-refractivity contribution is 0.256. The molecule has 0 bridgehead atoms. The van der Waals surface area contributed by atoms with Crippen LogP contribution in [-0.4, -0.2) is 44.4 Å². The van der Waals surface area contributed by atoms with Gasteiger partial charge in [0.1, 0.15) is 5.82 Å². The summed E-state index contributed by atoms with van der Waals surface area (Å²) >= 11 is 0. The average molecular weight is 478 g/mol. The van der Waals surface area contributed by atoms with Gasteiger partial charge >= 0.3 is 6.03 Å². The van der Waals surface area contributed by atoms with E-state index in [1.807, 2.05) is 18.6 Å². The van der Waals surface area contributed by atoms with Crippen molar-refractivity contribution in [1.82, 2.24) is 15.0 Å². The molecule has 2 aromatic rings. The molecule has 1 unspecified atom stereocenters. The summed E-state index contributed by atoms with van der Waals surface area (Å²) in [5.41, 5.74) is 1.54. The van der Waals surface area contributed by atoms with E-state index in [0.29, 0.717) is 16.7 Å². The Morgan fingerprint density at radius 1 is 1.24 bits per heavy atom. The fourth-order valence-corrected chi connectivity index (χ4v) is 3.95. The lowest BCUT2D eigenvalue weighted by Crippen LogP contribution is -2.45. The number of nitrogens with one attached hydrogen (secondary N) is 3. The summed E-state index contributed by atoms with van der Waals surface area (Å²) in [7, 11) is -2.87. The topological polar surface area (TPSA) is 133 Å². The summed E-state index contributed by atoms with van der Waals surface area (Å²) in [5, 5.41) is 13.2. The zero-order valence-electron chi connectivity index (χ0n) is 19.1. The number of benzene rings is 1. The SMILES string of the molecule is COc1cc(-c2cc(F)cc(C(C)C)c2NC(=O)NS(=O)(=O)C(C#N)CNC(C)C)ccn1. The Morgan fingerprint density at radius 2 is 1.94 bits per heavy atom. The highest BCUT2D eigenvalue weighted by atomic mass is 32.2. The molecule has 0 saturated heterocycles. The first-order chi connectivity index (χ1) is 15.5. The van der Waals surface area contributed by atoms with Gasteiger partial charge in [-0.25, -0.2) is 27.3 Å². The molecule has 0 saturated carbocycles. The Kier molecular flexibility index (Phi) is 8.73. The van der Waals surface area contributed by atoms with E-state index >= 15 is 0 Å². The van der Waals surface area contributed by atoms with Crippen LogP contribution in [0.1, 0.15) is 39.2 Å². The zero-order valence-corrected chi connectivity index (χ0v) is 20.0. The van der Waals surface area contributed by atoms with Gasteiger partial charge in [0, 0.05) is 30.4 Å². The molecule has 1 aromatic carbocycles. The highest BCUT2D eigenvalue weighted by Crippen LogP contribution is 2.36. The summed E-state index contributed by atoms with van der Waals surface area (Å²) in [4.78, 5) is 16.7. The predicted molar refractivity (Wildman–Crippen MR) is 124 cm³/mol. The summed E-state index contributed by atoms with van der Waals surface area (Å²) < 4.78 is 46.6. The Hall–Kier alpha value is -3.23. The van der Waals surface area contributed by atoms with Gasteiger partial charge in [-0.1, -0.05) is 27.7 Å². The molecular weight excluding hydrogens is 449 g/mol. The molecule has 1 aromatic heterocycles. The molecule has 0 aliphatic rings. The maximum Gasteiger partial charge on any atom is 0.332 e. The Balaban J connectivity index is 2.43. The minimum atomic E-state index is -4.31. The number of pyridine rings is 1. The summed E-state index contributed by atoms with van der Waals surface area (Å²) in [6.45, 7) is 7.09. The molecule has 0 spiro atoms. The number of ether oxygens (including phenoxy) is 1. The van der Waals surface area contributed by atoms with Crippen molar-refractivity contribution in [3.63, 3.8) is 0 Å². The van der Waals surface area contributed by atoms with Gasteiger partial charge in [-0.3, -0.25) is 0 Å². The Labute approximate surface area is 193 Å². The maximum absolute atomic E-state index is 14.4. The average Bonchev–Trinajstić information content (AvgIpc) is 2.74. The lowest BCUT2D eigenvalue weighted by atomic mass is 9.94. The maximum atomic E-state index is 14.4. The molecule has 0 fully saturated rings. The Morgan fingerprint density at radius 3 is 2.52 bits per heavy atom. The summed E-state index contributed by atoms with van der Waals surface area (Å²) in [5.74, 6) is -0.431. The number of urea groups is 1. The van der Waals surface area contributed by atoms with Crippen LogP contribution in [0.4, 0.5) is 14.9 Å². The first kappa shape index (κ1) is 26.0. The van der Waals surface area contributed by atoms with Crippen LogP contribution in [0.5, 0.6) is 5.88 Å². The first-order valence-electron chi connectivity index (χ1n) is 10.3. The van der Waals surface area contributed by atoms with Crippen LogP contribution in [0.25, 0.3) is 11.1 Å². The third kappa shape index (κ3) is 6.87. The van der Waals surface area contributed by atoms with E-state index in [1.165, 1.54) is 25.4 Å². The summed E-state index contributed by atoms with van der Waals surface area (Å²) in [6.07, 6.45) is 1.47. The molecule has 178 valence electrons. The molecule has 33 heavy (non-hydrogen) atoms. The second-order valence-electron chi connectivity index (χ2n) is 7.94. The number of sulfonamides is 1. The van der Waals surface area contributed by atoms with Crippen molar-refractivity contribution >= 4 is 21.7 Å². The molecule has 9 nitrogen and oxygen atoms in total. The van der Waals surface area contributed by atoms with E-state index < -0.39 is 27.1 Å². The number of amides is 2. The zero-order chi connectivity index (χ0) is 24.8. The van der Waals surface area contributed by atoms with Gasteiger partial charge in [0.2, 0.25) is 5.88 Å². The molecular formula is C22H28FN5O4S. The number of carbonyl (C=O) groups is 1. The molecule has 11 heteroatoms. The Bertz CT molecular complexity index is 1150. The van der Waals surface area contributed by atoms with E-state index in [9.17, 15) is 22.9 Å². The van der Waals surface area contributed by atoms with Gasteiger partial charge in [-0.15, -0.1) is 0 Å². The van der Waals surface area contributed by atoms with E-state index in [1.54, 1.807) is 32.0 Å². The predicted octanol–water partition coefficient (Wildman–Crippen LogP) is 3.36. The molecule has 0 aliphatic heterocycles. The van der Waals surface area contributed by atoms with Crippen LogP contribution in [0.2, 0.25) is 0 Å². The number of hydrogen-bond donors (Lipinski definition) is 3. The molecule has 1 atom stereocenters. The molecule has 1 heterocycles. The summed E-state index contributed by atoms with van der Waals surface area (Å²) in [6, 6.07) is 6.28. The lowest BCUT2D eigenvalue weighted by Gasteiger charge is -2.20. The van der Waals surface area contributed by atoms with E-state index in [2.05, 4.69) is 15.6 Å². The van der Waals surface area contributed by atoms with Crippen molar-refractivity contribution in [2.75, 3.05) is 19.0 Å². The standard InChI is InChI=1S/C22H28FN5O4S/c1-13(2)18-9-16(23)10-19(15-6-7-25-20(8-15)32-5)21(18)27-22(29)28-33(30,31)17(11-24)12-26-14(3)4/h6-10,13-14,17,26H,12H2,1-5H3,(H2,27,28,29). The molecule has 0 aliphatic carbocycles. The van der Waals surface area contributed by atoms with Crippen molar-refractivity contribution in [1.29, 1.82) is 5.26 Å².